The Kier molecular flexibility index (Phi) is 5.21. The Morgan fingerprint density at radius 2 is 1.57 bits per heavy atom. The van der Waals surface area contributed by atoms with Gasteiger partial charge in [-0.2, -0.15) is 0 Å². The van der Waals surface area contributed by atoms with Gasteiger partial charge in [0.2, 0.25) is 0 Å². The minimum Gasteiger partial charge on any atom is -0.336 e. The predicted molar refractivity (Wildman–Crippen MR) is 94.1 cm³/mol. The fraction of sp³-hybridized carbons (Fsp3) is 0.278. The van der Waals surface area contributed by atoms with Gasteiger partial charge in [0.05, 0.1) is 0 Å². The first-order valence-corrected chi connectivity index (χ1v) is 8.39. The van der Waals surface area contributed by atoms with Crippen LogP contribution in [0.4, 0.5) is 0 Å². The number of nitrogens with zero attached hydrogens (tertiary/aromatic N) is 2. The van der Waals surface area contributed by atoms with E-state index >= 15 is 0 Å². The third-order valence-electron chi connectivity index (χ3n) is 4.03. The van der Waals surface area contributed by atoms with Crippen molar-refractivity contribution in [3.05, 3.63) is 69.7 Å². The van der Waals surface area contributed by atoms with E-state index in [0.29, 0.717) is 10.6 Å². The Hall–Kier alpha value is -1.55. The molecule has 5 heteroatoms. The average Bonchev–Trinajstić information content (AvgIpc) is 2.55. The lowest BCUT2D eigenvalue weighted by atomic mass is 10.1. The van der Waals surface area contributed by atoms with Gasteiger partial charge in [0.25, 0.3) is 5.91 Å². The van der Waals surface area contributed by atoms with Crippen molar-refractivity contribution in [3.8, 4) is 0 Å². The zero-order valence-electron chi connectivity index (χ0n) is 12.7. The minimum absolute atomic E-state index is 0.0508. The molecule has 0 spiro atoms. The van der Waals surface area contributed by atoms with E-state index in [-0.39, 0.29) is 5.91 Å². The maximum absolute atomic E-state index is 12.5. The number of hydrogen-bond donors (Lipinski definition) is 0. The van der Waals surface area contributed by atoms with Crippen LogP contribution in [0.25, 0.3) is 0 Å². The monoisotopic (exact) mass is 348 g/mol. The molecule has 3 nitrogen and oxygen atoms in total. The van der Waals surface area contributed by atoms with E-state index in [0.717, 1.165) is 37.7 Å². The Labute approximate surface area is 146 Å². The van der Waals surface area contributed by atoms with Crippen molar-refractivity contribution in [1.29, 1.82) is 0 Å². The molecule has 2 aromatic rings. The first-order valence-electron chi connectivity index (χ1n) is 7.63. The molecule has 1 aliphatic heterocycles. The quantitative estimate of drug-likeness (QED) is 0.838. The third kappa shape index (κ3) is 4.25. The zero-order chi connectivity index (χ0) is 16.2. The van der Waals surface area contributed by atoms with Crippen LogP contribution in [0.3, 0.4) is 0 Å². The van der Waals surface area contributed by atoms with Crippen molar-refractivity contribution in [2.75, 3.05) is 26.2 Å². The summed E-state index contributed by atoms with van der Waals surface area (Å²) in [6, 6.07) is 15.0. The van der Waals surface area contributed by atoms with Gasteiger partial charge in [-0.3, -0.25) is 9.69 Å². The topological polar surface area (TPSA) is 23.6 Å². The van der Waals surface area contributed by atoms with Crippen molar-refractivity contribution in [2.24, 2.45) is 0 Å². The van der Waals surface area contributed by atoms with E-state index in [1.165, 1.54) is 5.56 Å². The molecule has 3 rings (SSSR count). The molecule has 2 aromatic carbocycles. The largest absolute Gasteiger partial charge is 0.336 e. The lowest BCUT2D eigenvalue weighted by Gasteiger charge is -2.34. The lowest BCUT2D eigenvalue weighted by Crippen LogP contribution is -2.48. The molecule has 120 valence electrons. The molecule has 0 atom stereocenters. The van der Waals surface area contributed by atoms with Gasteiger partial charge < -0.3 is 4.90 Å². The molecule has 0 saturated carbocycles. The van der Waals surface area contributed by atoms with E-state index in [4.69, 9.17) is 23.2 Å². The second-order valence-electron chi connectivity index (χ2n) is 5.71. The van der Waals surface area contributed by atoms with Crippen LogP contribution < -0.4 is 0 Å². The number of rotatable bonds is 3. The van der Waals surface area contributed by atoms with Gasteiger partial charge in [0, 0.05) is 48.3 Å². The van der Waals surface area contributed by atoms with Gasteiger partial charge in [-0.05, 0) is 35.9 Å². The number of halogens is 2. The summed E-state index contributed by atoms with van der Waals surface area (Å²) in [6.45, 7) is 4.04. The number of hydrogen-bond acceptors (Lipinski definition) is 2. The fourth-order valence-electron chi connectivity index (χ4n) is 2.81. The van der Waals surface area contributed by atoms with Crippen molar-refractivity contribution >= 4 is 29.1 Å². The first-order chi connectivity index (χ1) is 11.1. The summed E-state index contributed by atoms with van der Waals surface area (Å²) in [5.41, 5.74) is 1.85. The van der Waals surface area contributed by atoms with Crippen LogP contribution in [-0.4, -0.2) is 41.9 Å². The van der Waals surface area contributed by atoms with Gasteiger partial charge in [-0.15, -0.1) is 0 Å². The Morgan fingerprint density at radius 1 is 0.913 bits per heavy atom. The average molecular weight is 349 g/mol. The van der Waals surface area contributed by atoms with E-state index in [1.807, 2.05) is 35.2 Å². The number of amides is 1. The summed E-state index contributed by atoms with van der Waals surface area (Å²) in [6.07, 6.45) is 0. The number of piperazine rings is 1. The van der Waals surface area contributed by atoms with Crippen LogP contribution in [0.2, 0.25) is 10.0 Å². The Morgan fingerprint density at radius 3 is 2.22 bits per heavy atom. The molecule has 0 N–H and O–H groups in total. The van der Waals surface area contributed by atoms with Gasteiger partial charge in [0.1, 0.15) is 0 Å². The van der Waals surface area contributed by atoms with E-state index < -0.39 is 0 Å². The summed E-state index contributed by atoms with van der Waals surface area (Å²) in [5.74, 6) is 0.0508. The van der Waals surface area contributed by atoms with Crippen molar-refractivity contribution in [1.82, 2.24) is 9.80 Å². The number of carbonyl (C=O) groups excluding carboxylic acids is 1. The smallest absolute Gasteiger partial charge is 0.253 e. The van der Waals surface area contributed by atoms with Gasteiger partial charge in [-0.1, -0.05) is 41.4 Å². The second-order valence-corrected chi connectivity index (χ2v) is 6.58. The molecule has 1 saturated heterocycles. The number of carbonyl (C=O) groups is 1. The molecule has 0 bridgehead atoms. The second kappa shape index (κ2) is 7.35. The van der Waals surface area contributed by atoms with Crippen molar-refractivity contribution in [3.63, 3.8) is 0 Å². The van der Waals surface area contributed by atoms with Crippen LogP contribution >= 0.6 is 23.2 Å². The summed E-state index contributed by atoms with van der Waals surface area (Å²) in [4.78, 5) is 16.7. The van der Waals surface area contributed by atoms with Crippen LogP contribution in [0, 0.1) is 0 Å². The van der Waals surface area contributed by atoms with Gasteiger partial charge in [0.15, 0.2) is 0 Å². The highest BCUT2D eigenvalue weighted by Crippen LogP contribution is 2.16. The van der Waals surface area contributed by atoms with Crippen molar-refractivity contribution < 1.29 is 4.79 Å². The molecule has 1 aliphatic rings. The summed E-state index contributed by atoms with van der Waals surface area (Å²) < 4.78 is 0. The van der Waals surface area contributed by atoms with Crippen LogP contribution in [-0.2, 0) is 6.54 Å². The molecule has 0 aromatic heterocycles. The Balaban J connectivity index is 1.57. The highest BCUT2D eigenvalue weighted by atomic mass is 35.5. The molecule has 1 fully saturated rings. The molecule has 1 amide bonds. The first kappa shape index (κ1) is 16.3. The zero-order valence-corrected chi connectivity index (χ0v) is 14.2. The maximum Gasteiger partial charge on any atom is 0.253 e. The van der Waals surface area contributed by atoms with Gasteiger partial charge in [-0.25, -0.2) is 0 Å². The molecule has 23 heavy (non-hydrogen) atoms. The van der Waals surface area contributed by atoms with Gasteiger partial charge >= 0.3 is 0 Å². The minimum atomic E-state index is 0.0508. The molecular formula is C18H18Cl2N2O. The van der Waals surface area contributed by atoms with Crippen LogP contribution in [0.1, 0.15) is 15.9 Å². The molecule has 0 unspecified atom stereocenters. The van der Waals surface area contributed by atoms with Crippen LogP contribution in [0.15, 0.2) is 48.5 Å². The molecule has 1 heterocycles. The maximum atomic E-state index is 12.5. The normalized spacial score (nSPS) is 15.7. The van der Waals surface area contributed by atoms with E-state index in [1.54, 1.807) is 12.1 Å². The van der Waals surface area contributed by atoms with Crippen molar-refractivity contribution in [2.45, 2.75) is 6.54 Å². The molecule has 0 aliphatic carbocycles. The summed E-state index contributed by atoms with van der Waals surface area (Å²) >= 11 is 12.0. The predicted octanol–water partition coefficient (Wildman–Crippen LogP) is 3.95. The molecular weight excluding hydrogens is 331 g/mol. The van der Waals surface area contributed by atoms with E-state index in [2.05, 4.69) is 11.0 Å². The standard InChI is InChI=1S/C18H18Cl2N2O/c19-16-5-1-3-14(11-16)13-21-7-9-22(10-8-21)18(23)15-4-2-6-17(20)12-15/h1-6,11-12H,7-10,13H2. The lowest BCUT2D eigenvalue weighted by molar-refractivity contribution is 0.0628. The Bertz CT molecular complexity index is 697. The van der Waals surface area contributed by atoms with E-state index in [9.17, 15) is 4.79 Å². The summed E-state index contributed by atoms with van der Waals surface area (Å²) in [7, 11) is 0. The van der Waals surface area contributed by atoms with Crippen LogP contribution in [0.5, 0.6) is 0 Å². The SMILES string of the molecule is O=C(c1cccc(Cl)c1)N1CCN(Cc2cccc(Cl)c2)CC1. The fourth-order valence-corrected chi connectivity index (χ4v) is 3.21. The highest BCUT2D eigenvalue weighted by Gasteiger charge is 2.22. The summed E-state index contributed by atoms with van der Waals surface area (Å²) in [5, 5.41) is 1.35. The molecule has 0 radical (unpaired) electrons. The third-order valence-corrected chi connectivity index (χ3v) is 4.50. The highest BCUT2D eigenvalue weighted by molar-refractivity contribution is 6.31. The number of benzene rings is 2.